The van der Waals surface area contributed by atoms with Gasteiger partial charge in [-0.1, -0.05) is 54.6 Å². The molecule has 3 N–H and O–H groups in total. The first-order valence-corrected chi connectivity index (χ1v) is 13.1. The van der Waals surface area contributed by atoms with Gasteiger partial charge in [-0.05, 0) is 73.7 Å². The van der Waals surface area contributed by atoms with Crippen molar-refractivity contribution in [3.63, 3.8) is 0 Å². The summed E-state index contributed by atoms with van der Waals surface area (Å²) in [7, 11) is 0. The average molecular weight is 515 g/mol. The predicted molar refractivity (Wildman–Crippen MR) is 148 cm³/mol. The number of aliphatic carboxylic acids is 1. The summed E-state index contributed by atoms with van der Waals surface area (Å²) in [6.45, 7) is 4.04. The van der Waals surface area contributed by atoms with Crippen LogP contribution >= 0.6 is 11.8 Å². The molecule has 1 aliphatic carbocycles. The molecule has 0 bridgehead atoms. The third-order valence-corrected chi connectivity index (χ3v) is 7.80. The van der Waals surface area contributed by atoms with Crippen molar-refractivity contribution in [2.75, 3.05) is 10.6 Å². The molecule has 3 aromatic rings. The van der Waals surface area contributed by atoms with Crippen molar-refractivity contribution >= 4 is 40.9 Å². The van der Waals surface area contributed by atoms with Crippen LogP contribution in [0.4, 0.5) is 11.4 Å². The fourth-order valence-corrected chi connectivity index (χ4v) is 5.41. The predicted octanol–water partition coefficient (Wildman–Crippen LogP) is 6.38. The van der Waals surface area contributed by atoms with Gasteiger partial charge in [-0.2, -0.15) is 0 Å². The van der Waals surface area contributed by atoms with Gasteiger partial charge in [0.15, 0.2) is 0 Å². The maximum Gasteiger partial charge on any atom is 0.307 e. The second kappa shape index (κ2) is 11.9. The summed E-state index contributed by atoms with van der Waals surface area (Å²) in [6.07, 6.45) is 4.41. The SMILES string of the molecule is Cc1ccc(NC(=O)C(Sc2cccc(NC(=O)C3CC=CCC3C(=O)O)c2)c2ccccc2)cc1C. The third kappa shape index (κ3) is 6.68. The lowest BCUT2D eigenvalue weighted by atomic mass is 9.82. The molecule has 37 heavy (non-hydrogen) atoms. The van der Waals surface area contributed by atoms with Gasteiger partial charge in [0, 0.05) is 16.3 Å². The second-order valence-corrected chi connectivity index (χ2v) is 10.4. The highest BCUT2D eigenvalue weighted by Gasteiger charge is 2.34. The molecule has 2 amide bonds. The molecule has 0 spiro atoms. The van der Waals surface area contributed by atoms with Gasteiger partial charge in [0.05, 0.1) is 11.8 Å². The molecule has 3 atom stereocenters. The summed E-state index contributed by atoms with van der Waals surface area (Å²) >= 11 is 1.39. The van der Waals surface area contributed by atoms with Gasteiger partial charge in [-0.15, -0.1) is 11.8 Å². The summed E-state index contributed by atoms with van der Waals surface area (Å²) in [6, 6.07) is 22.7. The number of anilines is 2. The number of nitrogens with one attached hydrogen (secondary N) is 2. The van der Waals surface area contributed by atoms with Crippen LogP contribution in [0, 0.1) is 25.7 Å². The Morgan fingerprint density at radius 3 is 2.22 bits per heavy atom. The maximum absolute atomic E-state index is 13.4. The molecule has 0 fully saturated rings. The Morgan fingerprint density at radius 2 is 1.51 bits per heavy atom. The van der Waals surface area contributed by atoms with Crippen LogP contribution in [-0.2, 0) is 14.4 Å². The van der Waals surface area contributed by atoms with Gasteiger partial charge in [-0.25, -0.2) is 0 Å². The van der Waals surface area contributed by atoms with Gasteiger partial charge in [0.2, 0.25) is 11.8 Å². The number of hydrogen-bond acceptors (Lipinski definition) is 4. The summed E-state index contributed by atoms with van der Waals surface area (Å²) in [4.78, 5) is 38.8. The van der Waals surface area contributed by atoms with E-state index in [9.17, 15) is 19.5 Å². The van der Waals surface area contributed by atoms with E-state index in [1.165, 1.54) is 11.8 Å². The summed E-state index contributed by atoms with van der Waals surface area (Å²) in [5.41, 5.74) is 4.43. The van der Waals surface area contributed by atoms with Crippen molar-refractivity contribution in [1.82, 2.24) is 0 Å². The smallest absolute Gasteiger partial charge is 0.307 e. The van der Waals surface area contributed by atoms with Crippen molar-refractivity contribution in [1.29, 1.82) is 0 Å². The zero-order valence-electron chi connectivity index (χ0n) is 20.8. The lowest BCUT2D eigenvalue weighted by Crippen LogP contribution is -2.34. The topological polar surface area (TPSA) is 95.5 Å². The fourth-order valence-electron chi connectivity index (χ4n) is 4.32. The van der Waals surface area contributed by atoms with Crippen molar-refractivity contribution in [3.05, 3.63) is 102 Å². The molecule has 0 saturated heterocycles. The number of carboxylic acids is 1. The molecule has 1 aliphatic rings. The highest BCUT2D eigenvalue weighted by Crippen LogP contribution is 2.37. The molecular weight excluding hydrogens is 484 g/mol. The molecule has 0 saturated carbocycles. The number of hydrogen-bond donors (Lipinski definition) is 3. The van der Waals surface area contributed by atoms with E-state index in [0.29, 0.717) is 18.5 Å². The zero-order chi connectivity index (χ0) is 26.4. The van der Waals surface area contributed by atoms with Crippen molar-refractivity contribution < 1.29 is 19.5 Å². The van der Waals surface area contributed by atoms with E-state index in [2.05, 4.69) is 10.6 Å². The monoisotopic (exact) mass is 514 g/mol. The summed E-state index contributed by atoms with van der Waals surface area (Å²) in [5, 5.41) is 14.9. The molecule has 6 nitrogen and oxygen atoms in total. The Labute approximate surface area is 221 Å². The highest BCUT2D eigenvalue weighted by molar-refractivity contribution is 8.00. The van der Waals surface area contributed by atoms with Crippen LogP contribution in [0.1, 0.15) is 34.8 Å². The Hall–Kier alpha value is -3.84. The largest absolute Gasteiger partial charge is 0.481 e. The van der Waals surface area contributed by atoms with Gasteiger partial charge in [0.25, 0.3) is 0 Å². The van der Waals surface area contributed by atoms with Crippen molar-refractivity contribution in [2.45, 2.75) is 36.8 Å². The maximum atomic E-state index is 13.4. The third-order valence-electron chi connectivity index (χ3n) is 6.56. The van der Waals surface area contributed by atoms with Crippen LogP contribution in [0.25, 0.3) is 0 Å². The standard InChI is InChI=1S/C30H30N2O4S/c1-19-15-16-23(17-20(19)2)32-29(34)27(21-9-4-3-5-10-21)37-24-12-8-11-22(18-24)31-28(33)25-13-6-7-14-26(25)30(35)36/h3-12,15-18,25-27H,13-14H2,1-2H3,(H,31,33)(H,32,34)(H,35,36). The van der Waals surface area contributed by atoms with Crippen LogP contribution in [0.15, 0.2) is 89.8 Å². The van der Waals surface area contributed by atoms with Gasteiger partial charge in [0.1, 0.15) is 5.25 Å². The van der Waals surface area contributed by atoms with E-state index in [1.54, 1.807) is 6.07 Å². The van der Waals surface area contributed by atoms with E-state index in [1.807, 2.05) is 92.7 Å². The number of amides is 2. The number of allylic oxidation sites excluding steroid dienone is 2. The van der Waals surface area contributed by atoms with E-state index in [0.717, 1.165) is 27.3 Å². The molecule has 0 radical (unpaired) electrons. The van der Waals surface area contributed by atoms with Gasteiger partial charge < -0.3 is 15.7 Å². The van der Waals surface area contributed by atoms with Gasteiger partial charge >= 0.3 is 5.97 Å². The second-order valence-electron chi connectivity index (χ2n) is 9.21. The first kappa shape index (κ1) is 26.2. The van der Waals surface area contributed by atoms with E-state index in [-0.39, 0.29) is 11.8 Å². The molecule has 190 valence electrons. The Morgan fingerprint density at radius 1 is 0.811 bits per heavy atom. The average Bonchev–Trinajstić information content (AvgIpc) is 2.90. The molecule has 3 unspecified atom stereocenters. The first-order valence-electron chi connectivity index (χ1n) is 12.2. The number of carbonyl (C=O) groups is 3. The number of rotatable bonds is 8. The first-order chi connectivity index (χ1) is 17.8. The van der Waals surface area contributed by atoms with Crippen LogP contribution in [-0.4, -0.2) is 22.9 Å². The molecule has 0 aliphatic heterocycles. The van der Waals surface area contributed by atoms with Crippen molar-refractivity contribution in [2.24, 2.45) is 11.8 Å². The zero-order valence-corrected chi connectivity index (χ0v) is 21.6. The summed E-state index contributed by atoms with van der Waals surface area (Å²) in [5.74, 6) is -2.79. The van der Waals surface area contributed by atoms with Gasteiger partial charge in [-0.3, -0.25) is 14.4 Å². The minimum Gasteiger partial charge on any atom is -0.481 e. The van der Waals surface area contributed by atoms with Crippen LogP contribution in [0.5, 0.6) is 0 Å². The number of carboxylic acid groups (broad SMARTS) is 1. The molecule has 0 heterocycles. The quantitative estimate of drug-likeness (QED) is 0.239. The Bertz CT molecular complexity index is 1320. The Kier molecular flexibility index (Phi) is 8.46. The van der Waals surface area contributed by atoms with E-state index in [4.69, 9.17) is 0 Å². The normalized spacial score (nSPS) is 17.6. The molecule has 0 aromatic heterocycles. The minimum absolute atomic E-state index is 0.146. The highest BCUT2D eigenvalue weighted by atomic mass is 32.2. The number of benzene rings is 3. The van der Waals surface area contributed by atoms with Crippen LogP contribution in [0.3, 0.4) is 0 Å². The Balaban J connectivity index is 1.52. The van der Waals surface area contributed by atoms with Crippen molar-refractivity contribution in [3.8, 4) is 0 Å². The molecule has 4 rings (SSSR count). The lowest BCUT2D eigenvalue weighted by molar-refractivity contribution is -0.146. The van der Waals surface area contributed by atoms with Crippen LogP contribution in [0.2, 0.25) is 0 Å². The van der Waals surface area contributed by atoms with E-state index < -0.39 is 23.1 Å². The minimum atomic E-state index is -0.964. The van der Waals surface area contributed by atoms with E-state index >= 15 is 0 Å². The van der Waals surface area contributed by atoms with Crippen LogP contribution < -0.4 is 10.6 Å². The number of carbonyl (C=O) groups excluding carboxylic acids is 2. The number of thioether (sulfide) groups is 1. The molecule has 7 heteroatoms. The lowest BCUT2D eigenvalue weighted by Gasteiger charge is -2.24. The molecule has 3 aromatic carbocycles. The molecular formula is C30H30N2O4S. The number of aryl methyl sites for hydroxylation is 2. The summed E-state index contributed by atoms with van der Waals surface area (Å²) < 4.78 is 0. The fraction of sp³-hybridized carbons (Fsp3) is 0.233.